The summed E-state index contributed by atoms with van der Waals surface area (Å²) in [6.07, 6.45) is 10.1. The highest BCUT2D eigenvalue weighted by Crippen LogP contribution is 2.27. The Labute approximate surface area is 186 Å². The maximum Gasteiger partial charge on any atom is 0.128 e. The Morgan fingerprint density at radius 2 is 1.74 bits per heavy atom. The Hall–Kier alpha value is -3.03. The maximum absolute atomic E-state index is 4.88. The van der Waals surface area contributed by atoms with Gasteiger partial charge in [0.1, 0.15) is 5.82 Å². The summed E-state index contributed by atoms with van der Waals surface area (Å²) in [4.78, 5) is 16.6. The number of halogens is 1. The van der Waals surface area contributed by atoms with Gasteiger partial charge in [0.25, 0.3) is 0 Å². The minimum atomic E-state index is 0. The Morgan fingerprint density at radius 1 is 0.903 bits per heavy atom. The molecule has 2 fully saturated rings. The first-order valence-electron chi connectivity index (χ1n) is 10.4. The highest BCUT2D eigenvalue weighted by molar-refractivity contribution is 5.85. The molecule has 2 aliphatic heterocycles. The summed E-state index contributed by atoms with van der Waals surface area (Å²) in [6, 6.07) is 11.6. The van der Waals surface area contributed by atoms with Gasteiger partial charge in [0.05, 0.1) is 23.1 Å². The number of aromatic nitrogens is 5. The summed E-state index contributed by atoms with van der Waals surface area (Å²) in [6.45, 7) is 2.09. The number of anilines is 1. The first-order chi connectivity index (χ1) is 14.7. The molecule has 158 valence electrons. The molecule has 6 heterocycles. The lowest BCUT2D eigenvalue weighted by molar-refractivity contribution is 0.463. The molecule has 7 nitrogen and oxygen atoms in total. The minimum absolute atomic E-state index is 0. The molecule has 4 aromatic rings. The molecule has 2 saturated heterocycles. The molecule has 2 bridgehead atoms. The van der Waals surface area contributed by atoms with E-state index < -0.39 is 0 Å². The molecule has 0 saturated carbocycles. The standard InChI is InChI=1S/C23H23N7.ClH/c1-29-12-17(11-26-29)21-8-22-16(9-24-21)2-6-20(28-22)15-3-7-23(25-10-15)30-13-18-4-5-19(14-30)27-18;/h2-3,6-12,18-19,27H,4-5,13-14H2,1H3;1H. The SMILES string of the molecule is Cl.Cn1cc(-c2cc3nc(-c4ccc(N5CC6CCC(C5)N6)nc4)ccc3cn2)cn1. The number of aryl methyl sites for hydroxylation is 1. The van der Waals surface area contributed by atoms with Gasteiger partial charge in [-0.15, -0.1) is 12.4 Å². The van der Waals surface area contributed by atoms with Gasteiger partial charge in [-0.1, -0.05) is 0 Å². The molecule has 0 aromatic carbocycles. The molecule has 2 unspecified atom stereocenters. The van der Waals surface area contributed by atoms with Crippen LogP contribution in [0.15, 0.2) is 55.1 Å². The molecule has 2 atom stereocenters. The van der Waals surface area contributed by atoms with E-state index in [1.807, 2.05) is 44.0 Å². The van der Waals surface area contributed by atoms with Crippen LogP contribution in [0.5, 0.6) is 0 Å². The molecule has 8 heteroatoms. The minimum Gasteiger partial charge on any atom is -0.353 e. The molecule has 0 amide bonds. The molecule has 2 aliphatic rings. The smallest absolute Gasteiger partial charge is 0.128 e. The van der Waals surface area contributed by atoms with Crippen molar-refractivity contribution in [3.8, 4) is 22.5 Å². The van der Waals surface area contributed by atoms with Crippen LogP contribution in [-0.4, -0.2) is 49.9 Å². The van der Waals surface area contributed by atoms with Crippen LogP contribution in [0.25, 0.3) is 33.4 Å². The van der Waals surface area contributed by atoms with Gasteiger partial charge >= 0.3 is 0 Å². The Kier molecular flexibility index (Phi) is 5.08. The highest BCUT2D eigenvalue weighted by Gasteiger charge is 2.32. The second-order valence-electron chi connectivity index (χ2n) is 8.31. The quantitative estimate of drug-likeness (QED) is 0.533. The predicted octanol–water partition coefficient (Wildman–Crippen LogP) is 3.45. The lowest BCUT2D eigenvalue weighted by Crippen LogP contribution is -2.51. The second kappa shape index (κ2) is 7.90. The van der Waals surface area contributed by atoms with Crippen molar-refractivity contribution in [1.29, 1.82) is 0 Å². The summed E-state index contributed by atoms with van der Waals surface area (Å²) in [7, 11) is 1.91. The van der Waals surface area contributed by atoms with E-state index in [1.165, 1.54) is 12.8 Å². The van der Waals surface area contributed by atoms with E-state index in [4.69, 9.17) is 9.97 Å². The zero-order valence-corrected chi connectivity index (χ0v) is 18.1. The summed E-state index contributed by atoms with van der Waals surface area (Å²) in [5, 5.41) is 8.93. The Bertz CT molecular complexity index is 1210. The van der Waals surface area contributed by atoms with Crippen LogP contribution in [-0.2, 0) is 7.05 Å². The summed E-state index contributed by atoms with van der Waals surface area (Å²) < 4.78 is 1.78. The van der Waals surface area contributed by atoms with E-state index in [-0.39, 0.29) is 12.4 Å². The van der Waals surface area contributed by atoms with Crippen molar-refractivity contribution >= 4 is 29.1 Å². The van der Waals surface area contributed by atoms with Crippen molar-refractivity contribution in [2.24, 2.45) is 7.05 Å². The van der Waals surface area contributed by atoms with Crippen LogP contribution >= 0.6 is 12.4 Å². The largest absolute Gasteiger partial charge is 0.353 e. The third kappa shape index (κ3) is 3.75. The van der Waals surface area contributed by atoms with Crippen molar-refractivity contribution < 1.29 is 0 Å². The summed E-state index contributed by atoms with van der Waals surface area (Å²) in [5.74, 6) is 1.06. The van der Waals surface area contributed by atoms with Crippen LogP contribution < -0.4 is 10.2 Å². The number of rotatable bonds is 3. The van der Waals surface area contributed by atoms with Gasteiger partial charge in [0.15, 0.2) is 0 Å². The third-order valence-electron chi connectivity index (χ3n) is 6.16. The molecule has 4 aromatic heterocycles. The molecule has 0 radical (unpaired) electrons. The summed E-state index contributed by atoms with van der Waals surface area (Å²) in [5.41, 5.74) is 4.73. The number of pyridine rings is 3. The van der Waals surface area contributed by atoms with Gasteiger partial charge in [-0.2, -0.15) is 5.10 Å². The maximum atomic E-state index is 4.88. The van der Waals surface area contributed by atoms with Crippen molar-refractivity contribution in [2.45, 2.75) is 24.9 Å². The molecular weight excluding hydrogens is 410 g/mol. The van der Waals surface area contributed by atoms with E-state index in [0.717, 1.165) is 52.3 Å². The number of nitrogens with one attached hydrogen (secondary N) is 1. The third-order valence-corrected chi connectivity index (χ3v) is 6.16. The summed E-state index contributed by atoms with van der Waals surface area (Å²) >= 11 is 0. The molecular formula is C23H24ClN7. The van der Waals surface area contributed by atoms with Crippen molar-refractivity contribution in [1.82, 2.24) is 30.0 Å². The lowest BCUT2D eigenvalue weighted by Gasteiger charge is -2.33. The fourth-order valence-electron chi connectivity index (χ4n) is 4.60. The average Bonchev–Trinajstić information content (AvgIpc) is 3.37. The van der Waals surface area contributed by atoms with Crippen LogP contribution in [0.4, 0.5) is 5.82 Å². The van der Waals surface area contributed by atoms with Gasteiger partial charge in [-0.05, 0) is 43.2 Å². The van der Waals surface area contributed by atoms with E-state index in [2.05, 4.69) is 38.5 Å². The molecule has 1 N–H and O–H groups in total. The topological polar surface area (TPSA) is 71.8 Å². The number of piperazine rings is 1. The monoisotopic (exact) mass is 433 g/mol. The average molecular weight is 434 g/mol. The van der Waals surface area contributed by atoms with E-state index >= 15 is 0 Å². The predicted molar refractivity (Wildman–Crippen MR) is 124 cm³/mol. The molecule has 0 spiro atoms. The fraction of sp³-hybridized carbons (Fsp3) is 0.304. The Morgan fingerprint density at radius 3 is 2.45 bits per heavy atom. The molecule has 31 heavy (non-hydrogen) atoms. The normalized spacial score (nSPS) is 20.1. The van der Waals surface area contributed by atoms with E-state index in [9.17, 15) is 0 Å². The highest BCUT2D eigenvalue weighted by atomic mass is 35.5. The van der Waals surface area contributed by atoms with Crippen LogP contribution in [0.3, 0.4) is 0 Å². The van der Waals surface area contributed by atoms with Gasteiger partial charge < -0.3 is 10.2 Å². The van der Waals surface area contributed by atoms with Gasteiger partial charge in [-0.3, -0.25) is 9.67 Å². The van der Waals surface area contributed by atoms with Gasteiger partial charge in [-0.25, -0.2) is 9.97 Å². The van der Waals surface area contributed by atoms with Crippen LogP contribution in [0.2, 0.25) is 0 Å². The first kappa shape index (κ1) is 19.9. The zero-order valence-electron chi connectivity index (χ0n) is 17.3. The van der Waals surface area contributed by atoms with Gasteiger partial charge in [0, 0.05) is 67.3 Å². The zero-order chi connectivity index (χ0) is 20.1. The van der Waals surface area contributed by atoms with Gasteiger partial charge in [0.2, 0.25) is 0 Å². The van der Waals surface area contributed by atoms with Crippen molar-refractivity contribution in [3.63, 3.8) is 0 Å². The number of hydrogen-bond acceptors (Lipinski definition) is 6. The number of nitrogens with zero attached hydrogens (tertiary/aromatic N) is 6. The van der Waals surface area contributed by atoms with Crippen LogP contribution in [0.1, 0.15) is 12.8 Å². The van der Waals surface area contributed by atoms with E-state index in [0.29, 0.717) is 12.1 Å². The van der Waals surface area contributed by atoms with E-state index in [1.54, 1.807) is 4.68 Å². The van der Waals surface area contributed by atoms with Crippen molar-refractivity contribution in [2.75, 3.05) is 18.0 Å². The first-order valence-corrected chi connectivity index (χ1v) is 10.4. The molecule has 0 aliphatic carbocycles. The molecule has 6 rings (SSSR count). The fourth-order valence-corrected chi connectivity index (χ4v) is 4.60. The number of hydrogen-bond donors (Lipinski definition) is 1. The lowest BCUT2D eigenvalue weighted by atomic mass is 10.1. The second-order valence-corrected chi connectivity index (χ2v) is 8.31. The number of fused-ring (bicyclic) bond motifs is 3. The van der Waals surface area contributed by atoms with Crippen molar-refractivity contribution in [3.05, 3.63) is 55.1 Å². The van der Waals surface area contributed by atoms with Crippen LogP contribution in [0, 0.1) is 0 Å². The Balaban J connectivity index is 0.00000204.